The van der Waals surface area contributed by atoms with Gasteiger partial charge >= 0.3 is 0 Å². The Hall–Kier alpha value is -3.08. The minimum absolute atomic E-state index is 0.0347. The minimum Gasteiger partial charge on any atom is -0.383 e. The smallest absolute Gasteiger partial charge is 0.182 e. The molecule has 0 spiro atoms. The van der Waals surface area contributed by atoms with Gasteiger partial charge in [0.15, 0.2) is 9.84 Å². The van der Waals surface area contributed by atoms with Crippen molar-refractivity contribution in [2.24, 2.45) is 5.73 Å². The van der Waals surface area contributed by atoms with Gasteiger partial charge in [-0.1, -0.05) is 11.6 Å². The van der Waals surface area contributed by atoms with Crippen LogP contribution < -0.4 is 11.5 Å². The molecule has 1 fully saturated rings. The number of sulfone groups is 1. The van der Waals surface area contributed by atoms with Crippen LogP contribution >= 0.6 is 11.6 Å². The Labute approximate surface area is 231 Å². The molecule has 11 heteroatoms. The van der Waals surface area contributed by atoms with E-state index in [9.17, 15) is 8.42 Å². The zero-order valence-corrected chi connectivity index (χ0v) is 23.2. The number of nitrogens with two attached hydrogens (primary N) is 2. The van der Waals surface area contributed by atoms with E-state index in [-0.39, 0.29) is 45.5 Å². The summed E-state index contributed by atoms with van der Waals surface area (Å²) in [5.41, 5.74) is 13.9. The molecular weight excluding hydrogens is 544 g/mol. The van der Waals surface area contributed by atoms with Crippen molar-refractivity contribution in [3.63, 3.8) is 0 Å². The molecule has 0 radical (unpaired) electrons. The third-order valence-electron chi connectivity index (χ3n) is 7.39. The lowest BCUT2D eigenvalue weighted by Crippen LogP contribution is -2.26. The van der Waals surface area contributed by atoms with Crippen molar-refractivity contribution in [2.45, 2.75) is 68.2 Å². The first-order chi connectivity index (χ1) is 18.5. The molecule has 0 unspecified atom stereocenters. The molecule has 39 heavy (non-hydrogen) atoms. The summed E-state index contributed by atoms with van der Waals surface area (Å²) in [6.45, 7) is 3.91. The maximum atomic E-state index is 15.6. The summed E-state index contributed by atoms with van der Waals surface area (Å²) in [5.74, 6) is -2.01. The van der Waals surface area contributed by atoms with Crippen molar-refractivity contribution >= 4 is 38.2 Å². The summed E-state index contributed by atoms with van der Waals surface area (Å²) in [7, 11) is -3.94. The highest BCUT2D eigenvalue weighted by molar-refractivity contribution is 7.90. The van der Waals surface area contributed by atoms with E-state index in [1.807, 2.05) is 13.8 Å². The van der Waals surface area contributed by atoms with Crippen molar-refractivity contribution in [1.29, 1.82) is 0 Å². The van der Waals surface area contributed by atoms with Crippen LogP contribution in [0.4, 0.5) is 14.6 Å². The van der Waals surface area contributed by atoms with Crippen molar-refractivity contribution in [3.05, 3.63) is 70.4 Å². The average Bonchev–Trinajstić information content (AvgIpc) is 3.29. The third-order valence-corrected chi connectivity index (χ3v) is 9.33. The minimum atomic E-state index is -3.94. The fraction of sp³-hybridized carbons (Fsp3) is 0.357. The highest BCUT2D eigenvalue weighted by Gasteiger charge is 2.29. The first-order valence-corrected chi connectivity index (χ1v) is 14.9. The van der Waals surface area contributed by atoms with Crippen LogP contribution in [0.15, 0.2) is 47.5 Å². The Bertz CT molecular complexity index is 1650. The Balaban J connectivity index is 1.60. The summed E-state index contributed by atoms with van der Waals surface area (Å²) < 4.78 is 58.5. The van der Waals surface area contributed by atoms with Crippen molar-refractivity contribution in [2.75, 3.05) is 5.73 Å². The van der Waals surface area contributed by atoms with E-state index >= 15 is 8.78 Å². The Morgan fingerprint density at radius 1 is 1.08 bits per heavy atom. The lowest BCUT2D eigenvalue weighted by molar-refractivity contribution is 0.395. The van der Waals surface area contributed by atoms with Gasteiger partial charge in [-0.15, -0.1) is 0 Å². The zero-order chi connectivity index (χ0) is 28.1. The predicted octanol–water partition coefficient (Wildman–Crippen LogP) is 6.15. The number of rotatable bonds is 6. The molecule has 2 heterocycles. The number of aromatic nitrogens is 3. The van der Waals surface area contributed by atoms with E-state index in [2.05, 4.69) is 10.1 Å². The Kier molecular flexibility index (Phi) is 7.39. The zero-order valence-electron chi connectivity index (χ0n) is 21.7. The van der Waals surface area contributed by atoms with Crippen LogP contribution in [0.25, 0.3) is 22.2 Å². The van der Waals surface area contributed by atoms with Gasteiger partial charge in [-0.05, 0) is 87.4 Å². The standard InChI is InChI=1S/C28H30ClF2N5O2S/c1-15(2)36-27-22(16-3-7-19(32)8-4-16)13-34-28(33)25(27)26(35-36)21-12-23(30)17(11-24(21)31)14-39(37,38)20-9-5-18(29)6-10-20/h5-6,9-13,15-16,19H,3-4,7-8,14,32H2,1-2H3,(H2,33,34). The molecule has 206 valence electrons. The molecule has 0 amide bonds. The second kappa shape index (κ2) is 10.5. The number of hydrogen-bond acceptors (Lipinski definition) is 6. The van der Waals surface area contributed by atoms with Crippen LogP contribution in [0.3, 0.4) is 0 Å². The highest BCUT2D eigenvalue weighted by atomic mass is 35.5. The number of anilines is 1. The summed E-state index contributed by atoms with van der Waals surface area (Å²) in [4.78, 5) is 4.37. The maximum Gasteiger partial charge on any atom is 0.182 e. The summed E-state index contributed by atoms with van der Waals surface area (Å²) in [6, 6.07) is 7.50. The van der Waals surface area contributed by atoms with E-state index in [1.165, 1.54) is 24.3 Å². The van der Waals surface area contributed by atoms with Gasteiger partial charge in [-0.3, -0.25) is 4.68 Å². The van der Waals surface area contributed by atoms with Crippen LogP contribution in [-0.2, 0) is 15.6 Å². The number of benzene rings is 2. The number of halogens is 3. The molecule has 2 aromatic heterocycles. The Morgan fingerprint density at radius 2 is 1.74 bits per heavy atom. The fourth-order valence-electron chi connectivity index (χ4n) is 5.32. The van der Waals surface area contributed by atoms with Gasteiger partial charge < -0.3 is 11.5 Å². The van der Waals surface area contributed by atoms with Crippen LogP contribution in [-0.4, -0.2) is 29.2 Å². The number of nitrogens with zero attached hydrogens (tertiary/aromatic N) is 3. The van der Waals surface area contributed by atoms with E-state index in [4.69, 9.17) is 23.1 Å². The van der Waals surface area contributed by atoms with E-state index in [0.717, 1.165) is 48.9 Å². The molecule has 1 saturated carbocycles. The monoisotopic (exact) mass is 573 g/mol. The van der Waals surface area contributed by atoms with Gasteiger partial charge in [0.2, 0.25) is 0 Å². The van der Waals surface area contributed by atoms with Gasteiger partial charge in [0.25, 0.3) is 0 Å². The van der Waals surface area contributed by atoms with Crippen LogP contribution in [0, 0.1) is 11.6 Å². The highest BCUT2D eigenvalue weighted by Crippen LogP contribution is 2.42. The molecule has 0 atom stereocenters. The molecule has 1 aliphatic carbocycles. The third kappa shape index (κ3) is 5.25. The molecule has 4 N–H and O–H groups in total. The molecule has 0 aliphatic heterocycles. The maximum absolute atomic E-state index is 15.6. The summed E-state index contributed by atoms with van der Waals surface area (Å²) >= 11 is 5.85. The second-order valence-corrected chi connectivity index (χ2v) is 12.9. The van der Waals surface area contributed by atoms with E-state index < -0.39 is 27.2 Å². The molecule has 4 aromatic rings. The molecule has 7 nitrogen and oxygen atoms in total. The Morgan fingerprint density at radius 3 is 2.38 bits per heavy atom. The molecule has 0 bridgehead atoms. The second-order valence-electron chi connectivity index (χ2n) is 10.5. The van der Waals surface area contributed by atoms with Crippen molar-refractivity contribution in [3.8, 4) is 11.3 Å². The first kappa shape index (κ1) is 27.5. The lowest BCUT2D eigenvalue weighted by Gasteiger charge is -2.27. The fourth-order valence-corrected chi connectivity index (χ4v) is 6.79. The van der Waals surface area contributed by atoms with Gasteiger partial charge in [-0.2, -0.15) is 5.10 Å². The lowest BCUT2D eigenvalue weighted by atomic mass is 9.82. The number of nitrogen functional groups attached to an aromatic ring is 1. The topological polar surface area (TPSA) is 117 Å². The number of pyridine rings is 1. The summed E-state index contributed by atoms with van der Waals surface area (Å²) in [6.07, 6.45) is 5.31. The van der Waals surface area contributed by atoms with Gasteiger partial charge in [0, 0.05) is 34.4 Å². The predicted molar refractivity (Wildman–Crippen MR) is 149 cm³/mol. The quantitative estimate of drug-likeness (QED) is 0.286. The van der Waals surface area contributed by atoms with Crippen molar-refractivity contribution in [1.82, 2.24) is 14.8 Å². The normalized spacial score (nSPS) is 18.2. The van der Waals surface area contributed by atoms with Crippen LogP contribution in [0.1, 0.15) is 62.6 Å². The van der Waals surface area contributed by atoms with Gasteiger partial charge in [0.05, 0.1) is 21.6 Å². The average molecular weight is 574 g/mol. The molecule has 2 aromatic carbocycles. The number of fused-ring (bicyclic) bond motifs is 1. The molecular formula is C28H30ClF2N5O2S. The molecule has 5 rings (SSSR count). The van der Waals surface area contributed by atoms with E-state index in [1.54, 1.807) is 10.9 Å². The SMILES string of the molecule is CC(C)n1nc(-c2cc(F)c(CS(=O)(=O)c3ccc(Cl)cc3)cc2F)c2c(N)ncc(C3CCC(N)CC3)c21. The van der Waals surface area contributed by atoms with Crippen LogP contribution in [0.2, 0.25) is 5.02 Å². The first-order valence-electron chi connectivity index (χ1n) is 12.8. The number of hydrogen-bond donors (Lipinski definition) is 2. The van der Waals surface area contributed by atoms with Gasteiger partial charge in [-0.25, -0.2) is 22.2 Å². The van der Waals surface area contributed by atoms with Crippen LogP contribution in [0.5, 0.6) is 0 Å². The van der Waals surface area contributed by atoms with Crippen molar-refractivity contribution < 1.29 is 17.2 Å². The largest absolute Gasteiger partial charge is 0.383 e. The molecule has 1 aliphatic rings. The molecule has 0 saturated heterocycles. The van der Waals surface area contributed by atoms with Gasteiger partial charge in [0.1, 0.15) is 23.1 Å². The summed E-state index contributed by atoms with van der Waals surface area (Å²) in [5, 5.41) is 5.51. The van der Waals surface area contributed by atoms with E-state index in [0.29, 0.717) is 10.4 Å².